The molecule has 0 aliphatic carbocycles. The van der Waals surface area contributed by atoms with E-state index in [0.29, 0.717) is 25.4 Å². The number of carbonyl (C=O) groups excluding carboxylic acids is 1. The Kier molecular flexibility index (Phi) is 5.25. The summed E-state index contributed by atoms with van der Waals surface area (Å²) >= 11 is 0. The third-order valence-corrected chi connectivity index (χ3v) is 3.09. The van der Waals surface area contributed by atoms with Crippen LogP contribution in [0.4, 0.5) is 0 Å². The van der Waals surface area contributed by atoms with Crippen LogP contribution in [0.3, 0.4) is 0 Å². The van der Waals surface area contributed by atoms with Crippen molar-refractivity contribution in [3.05, 3.63) is 10.4 Å². The van der Waals surface area contributed by atoms with Crippen LogP contribution in [-0.2, 0) is 4.79 Å². The number of azide groups is 1. The number of aliphatic hydroxyl groups is 1. The van der Waals surface area contributed by atoms with Crippen LogP contribution in [0.25, 0.3) is 10.4 Å². The zero-order chi connectivity index (χ0) is 12.8. The van der Waals surface area contributed by atoms with Crippen LogP contribution < -0.4 is 0 Å². The molecular weight excluding hydrogens is 220 g/mol. The summed E-state index contributed by atoms with van der Waals surface area (Å²) < 4.78 is 0. The zero-order valence-corrected chi connectivity index (χ0v) is 10.4. The van der Waals surface area contributed by atoms with Crippen LogP contribution in [0.1, 0.15) is 26.7 Å². The van der Waals surface area contributed by atoms with Crippen LogP contribution in [0.2, 0.25) is 0 Å². The molecule has 1 aliphatic heterocycles. The molecule has 17 heavy (non-hydrogen) atoms. The molecule has 0 unspecified atom stereocenters. The van der Waals surface area contributed by atoms with Crippen LogP contribution in [0.15, 0.2) is 5.11 Å². The van der Waals surface area contributed by atoms with Gasteiger partial charge < -0.3 is 10.0 Å². The fourth-order valence-electron chi connectivity index (χ4n) is 2.28. The van der Waals surface area contributed by atoms with Crippen molar-refractivity contribution in [1.82, 2.24) is 4.90 Å². The molecule has 0 saturated carbocycles. The summed E-state index contributed by atoms with van der Waals surface area (Å²) in [6, 6.07) is 0. The van der Waals surface area contributed by atoms with Crippen molar-refractivity contribution >= 4 is 5.91 Å². The largest absolute Gasteiger partial charge is 0.393 e. The van der Waals surface area contributed by atoms with E-state index in [-0.39, 0.29) is 24.5 Å². The third kappa shape index (κ3) is 4.24. The first-order valence-corrected chi connectivity index (χ1v) is 6.01. The topological polar surface area (TPSA) is 89.3 Å². The number of rotatable bonds is 4. The van der Waals surface area contributed by atoms with Crippen molar-refractivity contribution in [1.29, 1.82) is 0 Å². The van der Waals surface area contributed by atoms with Crippen molar-refractivity contribution in [2.24, 2.45) is 17.0 Å². The number of hydrogen-bond donors (Lipinski definition) is 1. The highest BCUT2D eigenvalue weighted by Gasteiger charge is 2.30. The molecule has 1 N–H and O–H groups in total. The zero-order valence-electron chi connectivity index (χ0n) is 10.4. The third-order valence-electron chi connectivity index (χ3n) is 3.09. The lowest BCUT2D eigenvalue weighted by molar-refractivity contribution is -0.133. The molecule has 0 aromatic rings. The van der Waals surface area contributed by atoms with Gasteiger partial charge in [0.05, 0.1) is 6.10 Å². The molecule has 0 aromatic heterocycles. The van der Waals surface area contributed by atoms with E-state index in [9.17, 15) is 9.90 Å². The lowest BCUT2D eigenvalue weighted by Crippen LogP contribution is -2.47. The van der Waals surface area contributed by atoms with Gasteiger partial charge in [0.1, 0.15) is 6.54 Å². The Balaban J connectivity index is 2.53. The molecule has 1 fully saturated rings. The summed E-state index contributed by atoms with van der Waals surface area (Å²) in [6.07, 6.45) is 1.20. The van der Waals surface area contributed by atoms with Crippen LogP contribution in [0, 0.1) is 11.8 Å². The van der Waals surface area contributed by atoms with Crippen LogP contribution in [0.5, 0.6) is 0 Å². The molecule has 1 saturated heterocycles. The van der Waals surface area contributed by atoms with E-state index in [1.807, 2.05) is 0 Å². The average molecular weight is 240 g/mol. The Bertz CT molecular complexity index is 313. The first-order valence-electron chi connectivity index (χ1n) is 6.01. The number of piperidine rings is 1. The molecule has 1 aliphatic rings. The molecule has 1 rings (SSSR count). The number of amides is 1. The molecule has 6 heteroatoms. The summed E-state index contributed by atoms with van der Waals surface area (Å²) in [5.41, 5.74) is 8.17. The molecule has 96 valence electrons. The van der Waals surface area contributed by atoms with Crippen molar-refractivity contribution in [2.75, 3.05) is 19.6 Å². The van der Waals surface area contributed by atoms with Gasteiger partial charge in [0.15, 0.2) is 0 Å². The lowest BCUT2D eigenvalue weighted by atomic mass is 9.87. The minimum absolute atomic E-state index is 0.124. The van der Waals surface area contributed by atoms with E-state index in [4.69, 9.17) is 5.53 Å². The van der Waals surface area contributed by atoms with E-state index in [1.165, 1.54) is 0 Å². The van der Waals surface area contributed by atoms with Gasteiger partial charge >= 0.3 is 0 Å². The van der Waals surface area contributed by atoms with Gasteiger partial charge in [-0.25, -0.2) is 0 Å². The summed E-state index contributed by atoms with van der Waals surface area (Å²) in [6.45, 7) is 5.20. The molecule has 0 radical (unpaired) electrons. The molecule has 0 spiro atoms. The first kappa shape index (κ1) is 13.8. The number of hydrogen-bond acceptors (Lipinski definition) is 3. The summed E-state index contributed by atoms with van der Waals surface area (Å²) in [5.74, 6) is 0.490. The van der Waals surface area contributed by atoms with E-state index >= 15 is 0 Å². The van der Waals surface area contributed by atoms with Crippen LogP contribution in [-0.4, -0.2) is 41.7 Å². The van der Waals surface area contributed by atoms with E-state index < -0.39 is 0 Å². The monoisotopic (exact) mass is 240 g/mol. The molecule has 0 bridgehead atoms. The fourth-order valence-corrected chi connectivity index (χ4v) is 2.28. The summed E-state index contributed by atoms with van der Waals surface area (Å²) in [4.78, 5) is 15.9. The second-order valence-corrected chi connectivity index (χ2v) is 4.97. The van der Waals surface area contributed by atoms with Gasteiger partial charge in [-0.05, 0) is 24.3 Å². The average Bonchev–Trinajstić information content (AvgIpc) is 2.28. The smallest absolute Gasteiger partial charge is 0.228 e. The summed E-state index contributed by atoms with van der Waals surface area (Å²) in [5, 5.41) is 13.2. The molecule has 1 heterocycles. The van der Waals surface area contributed by atoms with E-state index in [0.717, 1.165) is 6.42 Å². The predicted octanol–water partition coefficient (Wildman–Crippen LogP) is 1.55. The highest BCUT2D eigenvalue weighted by molar-refractivity contribution is 5.78. The minimum atomic E-state index is -0.319. The first-order chi connectivity index (χ1) is 8.04. The highest BCUT2D eigenvalue weighted by atomic mass is 16.3. The van der Waals surface area contributed by atoms with Gasteiger partial charge in [-0.1, -0.05) is 19.0 Å². The fraction of sp³-hybridized carbons (Fsp3) is 0.909. The Morgan fingerprint density at radius 3 is 2.94 bits per heavy atom. The maximum atomic E-state index is 11.7. The maximum absolute atomic E-state index is 11.7. The number of nitrogens with zero attached hydrogens (tertiary/aromatic N) is 4. The Morgan fingerprint density at radius 2 is 2.35 bits per heavy atom. The second kappa shape index (κ2) is 6.47. The van der Waals surface area contributed by atoms with Gasteiger partial charge in [-0.15, -0.1) is 0 Å². The maximum Gasteiger partial charge on any atom is 0.228 e. The molecular formula is C11H20N4O2. The SMILES string of the molecule is CC(C)C[C@@H]1CN(C(=O)CN=[N+]=[N-])CC[C@@H]1O. The predicted molar refractivity (Wildman–Crippen MR) is 64.2 cm³/mol. The number of aliphatic hydroxyl groups excluding tert-OH is 1. The van der Waals surface area contributed by atoms with Gasteiger partial charge in [-0.2, -0.15) is 0 Å². The Hall–Kier alpha value is -1.26. The molecule has 6 nitrogen and oxygen atoms in total. The summed E-state index contributed by atoms with van der Waals surface area (Å²) in [7, 11) is 0. The highest BCUT2D eigenvalue weighted by Crippen LogP contribution is 2.23. The standard InChI is InChI=1S/C11H20N4O2/c1-8(2)5-9-7-15(4-3-10(9)16)11(17)6-13-14-12/h8-10,16H,3-7H2,1-2H3/t9-,10+/m1/s1. The van der Waals surface area contributed by atoms with Gasteiger partial charge in [0, 0.05) is 23.9 Å². The van der Waals surface area contributed by atoms with Crippen molar-refractivity contribution in [3.63, 3.8) is 0 Å². The van der Waals surface area contributed by atoms with E-state index in [1.54, 1.807) is 4.90 Å². The molecule has 1 amide bonds. The molecule has 2 atom stereocenters. The van der Waals surface area contributed by atoms with E-state index in [2.05, 4.69) is 23.9 Å². The normalized spacial score (nSPS) is 24.6. The quantitative estimate of drug-likeness (QED) is 0.459. The minimum Gasteiger partial charge on any atom is -0.393 e. The molecule has 0 aromatic carbocycles. The van der Waals surface area contributed by atoms with Gasteiger partial charge in [0.2, 0.25) is 5.91 Å². The van der Waals surface area contributed by atoms with Crippen molar-refractivity contribution in [2.45, 2.75) is 32.8 Å². The van der Waals surface area contributed by atoms with Gasteiger partial charge in [0.25, 0.3) is 0 Å². The van der Waals surface area contributed by atoms with Gasteiger partial charge in [-0.3, -0.25) is 4.79 Å². The second-order valence-electron chi connectivity index (χ2n) is 4.97. The number of carbonyl (C=O) groups is 1. The van der Waals surface area contributed by atoms with Crippen molar-refractivity contribution < 1.29 is 9.90 Å². The lowest BCUT2D eigenvalue weighted by Gasteiger charge is -2.36. The number of likely N-dealkylation sites (tertiary alicyclic amines) is 1. The van der Waals surface area contributed by atoms with Crippen LogP contribution >= 0.6 is 0 Å². The Morgan fingerprint density at radius 1 is 1.65 bits per heavy atom. The van der Waals surface area contributed by atoms with Crippen molar-refractivity contribution in [3.8, 4) is 0 Å². The Labute approximate surface area is 101 Å².